The number of halogens is 4. The van der Waals surface area contributed by atoms with Crippen LogP contribution in [0.1, 0.15) is 30.9 Å². The Kier molecular flexibility index (Phi) is 7.89. The van der Waals surface area contributed by atoms with Gasteiger partial charge in [-0.25, -0.2) is 4.39 Å². The molecule has 1 saturated carbocycles. The number of phenols is 1. The van der Waals surface area contributed by atoms with E-state index in [9.17, 15) is 9.50 Å². The van der Waals surface area contributed by atoms with Gasteiger partial charge in [-0.2, -0.15) is 0 Å². The third kappa shape index (κ3) is 4.48. The summed E-state index contributed by atoms with van der Waals surface area (Å²) in [5.41, 5.74) is 0.466. The quantitative estimate of drug-likeness (QED) is 0.783. The second-order valence-electron chi connectivity index (χ2n) is 5.77. The van der Waals surface area contributed by atoms with Crippen LogP contribution in [0.3, 0.4) is 0 Å². The number of rotatable bonds is 4. The van der Waals surface area contributed by atoms with Crippen LogP contribution in [-0.2, 0) is 0 Å². The molecule has 2 aliphatic rings. The first-order chi connectivity index (χ1) is 9.66. The molecule has 7 heteroatoms. The van der Waals surface area contributed by atoms with Crippen molar-refractivity contribution in [2.24, 2.45) is 5.92 Å². The molecule has 3 nitrogen and oxygen atoms in total. The largest absolute Gasteiger partial charge is 0.506 e. The van der Waals surface area contributed by atoms with Gasteiger partial charge in [-0.1, -0.05) is 12.8 Å². The third-order valence-corrected chi connectivity index (χ3v) is 4.93. The maximum Gasteiger partial charge on any atom is 0.137 e. The maximum absolute atomic E-state index is 14.3. The number of aromatic hydroxyl groups is 1. The summed E-state index contributed by atoms with van der Waals surface area (Å²) in [6, 6.07) is 3.00. The zero-order valence-electron chi connectivity index (χ0n) is 12.2. The van der Waals surface area contributed by atoms with Crippen molar-refractivity contribution in [1.29, 1.82) is 0 Å². The van der Waals surface area contributed by atoms with Crippen LogP contribution in [0.4, 0.5) is 4.39 Å². The van der Waals surface area contributed by atoms with Crippen molar-refractivity contribution in [1.82, 2.24) is 10.2 Å². The molecule has 2 N–H and O–H groups in total. The van der Waals surface area contributed by atoms with Gasteiger partial charge in [-0.15, -0.1) is 24.8 Å². The first kappa shape index (κ1) is 20.0. The molecule has 0 aromatic heterocycles. The summed E-state index contributed by atoms with van der Waals surface area (Å²) in [6.45, 7) is 3.67. The van der Waals surface area contributed by atoms with Crippen LogP contribution in [0.5, 0.6) is 5.75 Å². The third-order valence-electron chi connectivity index (χ3n) is 4.29. The second kappa shape index (κ2) is 8.69. The molecule has 1 aromatic rings. The minimum absolute atomic E-state index is 0. The summed E-state index contributed by atoms with van der Waals surface area (Å²) in [4.78, 5) is 2.30. The van der Waals surface area contributed by atoms with Crippen molar-refractivity contribution >= 4 is 40.7 Å². The Morgan fingerprint density at radius 1 is 1.27 bits per heavy atom. The van der Waals surface area contributed by atoms with Crippen LogP contribution >= 0.6 is 40.7 Å². The summed E-state index contributed by atoms with van der Waals surface area (Å²) >= 11 is 3.31. The predicted octanol–water partition coefficient (Wildman–Crippen LogP) is 3.88. The van der Waals surface area contributed by atoms with Gasteiger partial charge >= 0.3 is 0 Å². The topological polar surface area (TPSA) is 35.5 Å². The highest BCUT2D eigenvalue weighted by atomic mass is 79.9. The van der Waals surface area contributed by atoms with Crippen molar-refractivity contribution in [3.63, 3.8) is 0 Å². The number of hydrogen-bond acceptors (Lipinski definition) is 3. The molecule has 1 saturated heterocycles. The van der Waals surface area contributed by atoms with E-state index < -0.39 is 0 Å². The van der Waals surface area contributed by atoms with E-state index in [0.717, 1.165) is 32.6 Å². The standard InChI is InChI=1S/C15H20BrFN2O.2ClH/c16-11-3-4-12(17)14(15(11)20)13(9-10-1-2-10)19-7-5-18-6-8-19;;/h3-4,10,13,18,20H,1-2,5-9H2;2*1H/t13-;;/m1../s1. The number of nitrogens with zero attached hydrogens (tertiary/aromatic N) is 1. The van der Waals surface area contributed by atoms with Gasteiger partial charge in [-0.05, 0) is 40.4 Å². The molecule has 0 unspecified atom stereocenters. The predicted molar refractivity (Wildman–Crippen MR) is 94.8 cm³/mol. The maximum atomic E-state index is 14.3. The fourth-order valence-electron chi connectivity index (χ4n) is 2.99. The Labute approximate surface area is 151 Å². The molecule has 3 rings (SSSR count). The number of hydrogen-bond donors (Lipinski definition) is 2. The van der Waals surface area contributed by atoms with Gasteiger partial charge in [-0.3, -0.25) is 4.90 Å². The van der Waals surface area contributed by atoms with Crippen molar-refractivity contribution in [3.8, 4) is 5.75 Å². The van der Waals surface area contributed by atoms with Crippen LogP contribution in [0.25, 0.3) is 0 Å². The molecule has 22 heavy (non-hydrogen) atoms. The molecule has 1 heterocycles. The minimum atomic E-state index is -0.296. The van der Waals surface area contributed by atoms with Gasteiger partial charge < -0.3 is 10.4 Å². The summed E-state index contributed by atoms with van der Waals surface area (Å²) in [5, 5.41) is 13.6. The summed E-state index contributed by atoms with van der Waals surface area (Å²) in [5.74, 6) is 0.455. The average Bonchev–Trinajstić information content (AvgIpc) is 3.27. The molecule has 1 aliphatic heterocycles. The van der Waals surface area contributed by atoms with Crippen LogP contribution in [0.15, 0.2) is 16.6 Å². The smallest absolute Gasteiger partial charge is 0.137 e. The van der Waals surface area contributed by atoms with E-state index in [1.807, 2.05) is 0 Å². The molecule has 0 radical (unpaired) electrons. The zero-order valence-corrected chi connectivity index (χ0v) is 15.4. The summed E-state index contributed by atoms with van der Waals surface area (Å²) in [7, 11) is 0. The molecule has 126 valence electrons. The van der Waals surface area contributed by atoms with Crippen molar-refractivity contribution in [2.45, 2.75) is 25.3 Å². The van der Waals surface area contributed by atoms with E-state index in [0.29, 0.717) is 16.0 Å². The Balaban J connectivity index is 0.00000121. The van der Waals surface area contributed by atoms with Gasteiger partial charge in [0, 0.05) is 37.8 Å². The van der Waals surface area contributed by atoms with E-state index in [2.05, 4.69) is 26.1 Å². The van der Waals surface area contributed by atoms with Crippen LogP contribution < -0.4 is 5.32 Å². The van der Waals surface area contributed by atoms with Gasteiger partial charge in [0.25, 0.3) is 0 Å². The molecular weight excluding hydrogens is 394 g/mol. The van der Waals surface area contributed by atoms with Crippen LogP contribution in [0, 0.1) is 11.7 Å². The molecule has 1 atom stereocenters. The lowest BCUT2D eigenvalue weighted by atomic mass is 9.97. The van der Waals surface area contributed by atoms with E-state index in [1.165, 1.54) is 18.9 Å². The van der Waals surface area contributed by atoms with Gasteiger partial charge in [0.15, 0.2) is 0 Å². The van der Waals surface area contributed by atoms with E-state index in [4.69, 9.17) is 0 Å². The Morgan fingerprint density at radius 3 is 2.50 bits per heavy atom. The highest BCUT2D eigenvalue weighted by Gasteiger charge is 2.33. The molecule has 2 fully saturated rings. The summed E-state index contributed by atoms with van der Waals surface area (Å²) in [6.07, 6.45) is 3.42. The number of benzene rings is 1. The Morgan fingerprint density at radius 2 is 1.91 bits per heavy atom. The van der Waals surface area contributed by atoms with E-state index in [-0.39, 0.29) is 42.4 Å². The van der Waals surface area contributed by atoms with Crippen molar-refractivity contribution < 1.29 is 9.50 Å². The highest BCUT2D eigenvalue weighted by molar-refractivity contribution is 9.10. The van der Waals surface area contributed by atoms with Gasteiger partial charge in [0.05, 0.1) is 4.47 Å². The Bertz CT molecular complexity index is 497. The fourth-order valence-corrected chi connectivity index (χ4v) is 3.33. The first-order valence-electron chi connectivity index (χ1n) is 7.28. The lowest BCUT2D eigenvalue weighted by Crippen LogP contribution is -2.45. The number of nitrogens with one attached hydrogen (secondary N) is 1. The Hall–Kier alpha value is -0.0700. The molecule has 1 aromatic carbocycles. The monoisotopic (exact) mass is 414 g/mol. The van der Waals surface area contributed by atoms with Crippen LogP contribution in [-0.4, -0.2) is 36.2 Å². The SMILES string of the molecule is Cl.Cl.Oc1c(Br)ccc(F)c1[C@@H](CC1CC1)N1CCNCC1. The average molecular weight is 416 g/mol. The normalized spacial score (nSPS) is 19.9. The van der Waals surface area contributed by atoms with Gasteiger partial charge in [0.1, 0.15) is 11.6 Å². The fraction of sp³-hybridized carbons (Fsp3) is 0.600. The lowest BCUT2D eigenvalue weighted by molar-refractivity contribution is 0.154. The van der Waals surface area contributed by atoms with Crippen LogP contribution in [0.2, 0.25) is 0 Å². The van der Waals surface area contributed by atoms with Crippen molar-refractivity contribution in [3.05, 3.63) is 28.0 Å². The number of phenolic OH excluding ortho intramolecular Hbond substituents is 1. The second-order valence-corrected chi connectivity index (χ2v) is 6.63. The van der Waals surface area contributed by atoms with Crippen molar-refractivity contribution in [2.75, 3.05) is 26.2 Å². The van der Waals surface area contributed by atoms with E-state index in [1.54, 1.807) is 6.07 Å². The molecular formula is C15H22BrCl2FN2O. The summed E-state index contributed by atoms with van der Waals surface area (Å²) < 4.78 is 14.9. The highest BCUT2D eigenvalue weighted by Crippen LogP contribution is 2.44. The minimum Gasteiger partial charge on any atom is -0.506 e. The number of piperazine rings is 1. The van der Waals surface area contributed by atoms with E-state index >= 15 is 0 Å². The molecule has 0 amide bonds. The molecule has 0 spiro atoms. The lowest BCUT2D eigenvalue weighted by Gasteiger charge is -2.36. The van der Waals surface area contributed by atoms with Gasteiger partial charge in [0.2, 0.25) is 0 Å². The zero-order chi connectivity index (χ0) is 14.1. The molecule has 0 bridgehead atoms. The first-order valence-corrected chi connectivity index (χ1v) is 8.07. The molecule has 1 aliphatic carbocycles.